The van der Waals surface area contributed by atoms with Gasteiger partial charge in [0.15, 0.2) is 0 Å². The van der Waals surface area contributed by atoms with Gasteiger partial charge in [-0.2, -0.15) is 0 Å². The van der Waals surface area contributed by atoms with Gasteiger partial charge in [-0.1, -0.05) is 26.2 Å². The van der Waals surface area contributed by atoms with Crippen molar-refractivity contribution >= 4 is 0 Å². The summed E-state index contributed by atoms with van der Waals surface area (Å²) in [5.74, 6) is 0.953. The second-order valence-corrected chi connectivity index (χ2v) is 5.66. The molecule has 2 saturated carbocycles. The van der Waals surface area contributed by atoms with E-state index in [9.17, 15) is 0 Å². The van der Waals surface area contributed by atoms with Gasteiger partial charge in [-0.05, 0) is 43.4 Å². The van der Waals surface area contributed by atoms with Crippen LogP contribution in [0.15, 0.2) is 0 Å². The van der Waals surface area contributed by atoms with Crippen molar-refractivity contribution in [3.05, 3.63) is 0 Å². The Kier molecular flexibility index (Phi) is 2.64. The first-order valence-corrected chi connectivity index (χ1v) is 5.94. The zero-order valence-corrected chi connectivity index (χ0v) is 8.89. The average molecular weight is 181 g/mol. The van der Waals surface area contributed by atoms with Gasteiger partial charge >= 0.3 is 0 Å². The first kappa shape index (κ1) is 9.51. The molecule has 76 valence electrons. The summed E-state index contributed by atoms with van der Waals surface area (Å²) < 4.78 is 0. The molecule has 1 heteroatoms. The van der Waals surface area contributed by atoms with Crippen molar-refractivity contribution in [1.82, 2.24) is 0 Å². The van der Waals surface area contributed by atoms with Gasteiger partial charge in [-0.15, -0.1) is 0 Å². The highest BCUT2D eigenvalue weighted by molar-refractivity contribution is 4.87. The van der Waals surface area contributed by atoms with Gasteiger partial charge in [-0.3, -0.25) is 0 Å². The van der Waals surface area contributed by atoms with Gasteiger partial charge < -0.3 is 5.73 Å². The molecule has 0 bridgehead atoms. The number of nitrogens with two attached hydrogens (primary N) is 1. The predicted molar refractivity (Wildman–Crippen MR) is 56.5 cm³/mol. The van der Waals surface area contributed by atoms with E-state index in [2.05, 4.69) is 6.92 Å². The van der Waals surface area contributed by atoms with Gasteiger partial charge in [-0.25, -0.2) is 0 Å². The third-order valence-corrected chi connectivity index (χ3v) is 4.17. The highest BCUT2D eigenvalue weighted by Crippen LogP contribution is 2.47. The second-order valence-electron chi connectivity index (χ2n) is 5.66. The summed E-state index contributed by atoms with van der Waals surface area (Å²) in [4.78, 5) is 0. The molecular formula is C12H23N. The quantitative estimate of drug-likeness (QED) is 0.696. The molecule has 0 heterocycles. The molecule has 2 aliphatic carbocycles. The van der Waals surface area contributed by atoms with Crippen LogP contribution < -0.4 is 5.73 Å². The molecular weight excluding hydrogens is 158 g/mol. The van der Waals surface area contributed by atoms with E-state index in [-0.39, 0.29) is 0 Å². The van der Waals surface area contributed by atoms with Gasteiger partial charge in [0.2, 0.25) is 0 Å². The summed E-state index contributed by atoms with van der Waals surface area (Å²) in [6, 6.07) is 0.516. The Bertz CT molecular complexity index is 172. The van der Waals surface area contributed by atoms with E-state index >= 15 is 0 Å². The van der Waals surface area contributed by atoms with Crippen LogP contribution in [-0.4, -0.2) is 6.04 Å². The minimum Gasteiger partial charge on any atom is -0.328 e. The predicted octanol–water partition coefficient (Wildman–Crippen LogP) is 3.08. The molecule has 2 unspecified atom stereocenters. The van der Waals surface area contributed by atoms with E-state index in [1.54, 1.807) is 0 Å². The molecule has 0 aliphatic heterocycles. The standard InChI is InChI=1S/C12H23N/c1-12(6-3-7-12)9-10-4-2-5-11(13)8-10/h10-11H,2-9,13H2,1H3. The molecule has 2 atom stereocenters. The number of hydrogen-bond acceptors (Lipinski definition) is 1. The maximum absolute atomic E-state index is 6.00. The van der Waals surface area contributed by atoms with Crippen LogP contribution in [0.1, 0.15) is 58.3 Å². The molecule has 2 aliphatic rings. The molecule has 0 amide bonds. The Morgan fingerprint density at radius 2 is 2.00 bits per heavy atom. The SMILES string of the molecule is CC1(CC2CCCC(N)C2)CCC1. The van der Waals surface area contributed by atoms with Crippen molar-refractivity contribution in [2.45, 2.75) is 64.3 Å². The van der Waals surface area contributed by atoms with Crippen LogP contribution in [0.5, 0.6) is 0 Å². The second kappa shape index (κ2) is 3.61. The van der Waals surface area contributed by atoms with Crippen LogP contribution in [0.2, 0.25) is 0 Å². The molecule has 0 aromatic carbocycles. The minimum absolute atomic E-state index is 0.516. The largest absolute Gasteiger partial charge is 0.328 e. The minimum atomic E-state index is 0.516. The summed E-state index contributed by atoms with van der Waals surface area (Å²) in [6.45, 7) is 2.47. The monoisotopic (exact) mass is 181 g/mol. The zero-order chi connectivity index (χ0) is 9.31. The van der Waals surface area contributed by atoms with E-state index in [4.69, 9.17) is 5.73 Å². The summed E-state index contributed by atoms with van der Waals surface area (Å²) >= 11 is 0. The third-order valence-electron chi connectivity index (χ3n) is 4.17. The number of hydrogen-bond donors (Lipinski definition) is 1. The highest BCUT2D eigenvalue weighted by Gasteiger charge is 2.35. The topological polar surface area (TPSA) is 26.0 Å². The Labute approximate surface area is 82.1 Å². The Hall–Kier alpha value is -0.0400. The smallest absolute Gasteiger partial charge is 0.00414 e. The average Bonchev–Trinajstić information content (AvgIpc) is 2.01. The van der Waals surface area contributed by atoms with Crippen molar-refractivity contribution in [2.75, 3.05) is 0 Å². The maximum atomic E-state index is 6.00. The first-order valence-electron chi connectivity index (χ1n) is 5.94. The summed E-state index contributed by atoms with van der Waals surface area (Å²) in [5.41, 5.74) is 6.71. The molecule has 13 heavy (non-hydrogen) atoms. The van der Waals surface area contributed by atoms with E-state index in [1.165, 1.54) is 51.4 Å². The summed E-state index contributed by atoms with van der Waals surface area (Å²) in [6.07, 6.45) is 11.3. The fourth-order valence-electron chi connectivity index (χ4n) is 3.20. The molecule has 2 rings (SSSR count). The first-order chi connectivity index (χ1) is 6.18. The van der Waals surface area contributed by atoms with E-state index in [0.717, 1.165) is 5.92 Å². The number of rotatable bonds is 2. The summed E-state index contributed by atoms with van der Waals surface area (Å²) in [7, 11) is 0. The fraction of sp³-hybridized carbons (Fsp3) is 1.00. The van der Waals surface area contributed by atoms with Crippen LogP contribution in [0.25, 0.3) is 0 Å². The lowest BCUT2D eigenvalue weighted by Gasteiger charge is -2.42. The van der Waals surface area contributed by atoms with E-state index in [0.29, 0.717) is 11.5 Å². The lowest BCUT2D eigenvalue weighted by Crippen LogP contribution is -2.33. The lowest BCUT2D eigenvalue weighted by atomic mass is 9.64. The lowest BCUT2D eigenvalue weighted by molar-refractivity contribution is 0.100. The molecule has 0 aromatic heterocycles. The molecule has 0 spiro atoms. The normalized spacial score (nSPS) is 38.3. The molecule has 0 aromatic rings. The molecule has 1 nitrogen and oxygen atoms in total. The zero-order valence-electron chi connectivity index (χ0n) is 8.89. The van der Waals surface area contributed by atoms with Crippen molar-refractivity contribution in [1.29, 1.82) is 0 Å². The van der Waals surface area contributed by atoms with Gasteiger partial charge in [0.25, 0.3) is 0 Å². The molecule has 0 radical (unpaired) electrons. The van der Waals surface area contributed by atoms with Gasteiger partial charge in [0, 0.05) is 6.04 Å². The Balaban J connectivity index is 1.80. The van der Waals surface area contributed by atoms with Crippen LogP contribution in [0, 0.1) is 11.3 Å². The van der Waals surface area contributed by atoms with Gasteiger partial charge in [0.05, 0.1) is 0 Å². The molecule has 2 fully saturated rings. The van der Waals surface area contributed by atoms with Crippen molar-refractivity contribution in [3.63, 3.8) is 0 Å². The van der Waals surface area contributed by atoms with Crippen LogP contribution >= 0.6 is 0 Å². The fourth-order valence-corrected chi connectivity index (χ4v) is 3.20. The van der Waals surface area contributed by atoms with Crippen LogP contribution in [-0.2, 0) is 0 Å². The van der Waals surface area contributed by atoms with Crippen molar-refractivity contribution < 1.29 is 0 Å². The highest BCUT2D eigenvalue weighted by atomic mass is 14.6. The maximum Gasteiger partial charge on any atom is 0.00414 e. The van der Waals surface area contributed by atoms with Crippen molar-refractivity contribution in [2.24, 2.45) is 17.1 Å². The molecule has 0 saturated heterocycles. The summed E-state index contributed by atoms with van der Waals surface area (Å²) in [5, 5.41) is 0. The Morgan fingerprint density at radius 1 is 1.23 bits per heavy atom. The van der Waals surface area contributed by atoms with Crippen molar-refractivity contribution in [3.8, 4) is 0 Å². The third kappa shape index (κ3) is 2.25. The van der Waals surface area contributed by atoms with Gasteiger partial charge in [0.1, 0.15) is 0 Å². The van der Waals surface area contributed by atoms with Crippen LogP contribution in [0.4, 0.5) is 0 Å². The van der Waals surface area contributed by atoms with E-state index in [1.807, 2.05) is 0 Å². The molecule has 2 N–H and O–H groups in total. The van der Waals surface area contributed by atoms with Crippen LogP contribution in [0.3, 0.4) is 0 Å². The Morgan fingerprint density at radius 3 is 2.54 bits per heavy atom. The van der Waals surface area contributed by atoms with E-state index < -0.39 is 0 Å².